The Bertz CT molecular complexity index is 370. The third-order valence-electron chi connectivity index (χ3n) is 3.01. The molecule has 1 heterocycles. The first-order valence-electron chi connectivity index (χ1n) is 5.67. The molecule has 19 heavy (non-hydrogen) atoms. The summed E-state index contributed by atoms with van der Waals surface area (Å²) in [5.74, 6) is 0. The molecule has 0 spiro atoms. The standard InChI is InChI=1S/C12H15Br2FN2.2ClH/c13-10-5-9(6-11(14)7-10)12(8-15)17-3-1-16-2-4-17;;/h5-7,12,16H,1-4,8H2;2*1H/t12-;;/m0../s1. The van der Waals surface area contributed by atoms with Gasteiger partial charge in [-0.25, -0.2) is 4.39 Å². The van der Waals surface area contributed by atoms with Crippen molar-refractivity contribution in [2.45, 2.75) is 6.04 Å². The Kier molecular flexibility index (Phi) is 9.83. The summed E-state index contributed by atoms with van der Waals surface area (Å²) in [6.45, 7) is 3.33. The molecule has 1 aliphatic rings. The van der Waals surface area contributed by atoms with Crippen LogP contribution in [0.5, 0.6) is 0 Å². The van der Waals surface area contributed by atoms with Gasteiger partial charge in [-0.05, 0) is 23.8 Å². The molecular weight excluding hydrogens is 422 g/mol. The highest BCUT2D eigenvalue weighted by Crippen LogP contribution is 2.28. The summed E-state index contributed by atoms with van der Waals surface area (Å²) in [5.41, 5.74) is 1.02. The zero-order valence-electron chi connectivity index (χ0n) is 10.2. The Balaban J connectivity index is 0.00000162. The van der Waals surface area contributed by atoms with Crippen LogP contribution >= 0.6 is 56.7 Å². The maximum Gasteiger partial charge on any atom is 0.109 e. The van der Waals surface area contributed by atoms with E-state index in [0.29, 0.717) is 0 Å². The summed E-state index contributed by atoms with van der Waals surface area (Å²) in [5, 5.41) is 3.29. The Hall–Kier alpha value is 0.610. The largest absolute Gasteiger partial charge is 0.314 e. The van der Waals surface area contributed by atoms with Crippen molar-refractivity contribution >= 4 is 56.7 Å². The third-order valence-corrected chi connectivity index (χ3v) is 3.92. The lowest BCUT2D eigenvalue weighted by molar-refractivity contribution is 0.147. The molecule has 1 aromatic rings. The number of halogens is 5. The summed E-state index contributed by atoms with van der Waals surface area (Å²) in [6.07, 6.45) is 0. The number of rotatable bonds is 3. The van der Waals surface area contributed by atoms with Crippen LogP contribution in [0.1, 0.15) is 11.6 Å². The molecule has 0 aromatic heterocycles. The maximum atomic E-state index is 13.3. The highest BCUT2D eigenvalue weighted by atomic mass is 79.9. The fourth-order valence-corrected chi connectivity index (χ4v) is 3.49. The van der Waals surface area contributed by atoms with E-state index in [1.165, 1.54) is 0 Å². The van der Waals surface area contributed by atoms with E-state index in [1.54, 1.807) is 0 Å². The average molecular weight is 439 g/mol. The number of hydrogen-bond donors (Lipinski definition) is 1. The highest BCUT2D eigenvalue weighted by molar-refractivity contribution is 9.11. The summed E-state index contributed by atoms with van der Waals surface area (Å²) in [6, 6.07) is 5.83. The van der Waals surface area contributed by atoms with Crippen LogP contribution in [0.3, 0.4) is 0 Å². The molecule has 1 atom stereocenters. The molecule has 2 nitrogen and oxygen atoms in total. The van der Waals surface area contributed by atoms with Gasteiger partial charge in [-0.3, -0.25) is 4.90 Å². The van der Waals surface area contributed by atoms with Crippen LogP contribution in [-0.2, 0) is 0 Å². The van der Waals surface area contributed by atoms with E-state index in [0.717, 1.165) is 40.7 Å². The van der Waals surface area contributed by atoms with Crippen molar-refractivity contribution in [2.24, 2.45) is 0 Å². The number of benzene rings is 1. The van der Waals surface area contributed by atoms with Gasteiger partial charge in [0.2, 0.25) is 0 Å². The predicted molar refractivity (Wildman–Crippen MR) is 89.5 cm³/mol. The van der Waals surface area contributed by atoms with Crippen molar-refractivity contribution in [1.82, 2.24) is 10.2 Å². The fraction of sp³-hybridized carbons (Fsp3) is 0.500. The molecule has 1 aliphatic heterocycles. The van der Waals surface area contributed by atoms with Gasteiger partial charge in [0, 0.05) is 35.1 Å². The number of alkyl halides is 1. The van der Waals surface area contributed by atoms with Crippen molar-refractivity contribution in [3.63, 3.8) is 0 Å². The first-order chi connectivity index (χ1) is 8.20. The Labute approximate surface area is 142 Å². The fourth-order valence-electron chi connectivity index (χ4n) is 2.16. The first kappa shape index (κ1) is 19.6. The van der Waals surface area contributed by atoms with E-state index in [-0.39, 0.29) is 37.5 Å². The van der Waals surface area contributed by atoms with Crippen LogP contribution in [0.15, 0.2) is 27.1 Å². The summed E-state index contributed by atoms with van der Waals surface area (Å²) in [7, 11) is 0. The molecule has 110 valence electrons. The normalized spacial score (nSPS) is 17.2. The van der Waals surface area contributed by atoms with Gasteiger partial charge >= 0.3 is 0 Å². The van der Waals surface area contributed by atoms with Gasteiger partial charge in [0.25, 0.3) is 0 Å². The summed E-state index contributed by atoms with van der Waals surface area (Å²) >= 11 is 6.90. The van der Waals surface area contributed by atoms with Crippen LogP contribution in [0.2, 0.25) is 0 Å². The molecule has 0 radical (unpaired) electrons. The van der Waals surface area contributed by atoms with E-state index in [4.69, 9.17) is 0 Å². The van der Waals surface area contributed by atoms with Gasteiger partial charge in [0.15, 0.2) is 0 Å². The topological polar surface area (TPSA) is 15.3 Å². The quantitative estimate of drug-likeness (QED) is 0.768. The van der Waals surface area contributed by atoms with Gasteiger partial charge in [-0.15, -0.1) is 24.8 Å². The smallest absolute Gasteiger partial charge is 0.109 e. The second-order valence-corrected chi connectivity index (χ2v) is 5.99. The molecule has 1 N–H and O–H groups in total. The zero-order valence-corrected chi connectivity index (χ0v) is 15.0. The van der Waals surface area contributed by atoms with Gasteiger partial charge in [-0.2, -0.15) is 0 Å². The molecule has 0 saturated carbocycles. The zero-order chi connectivity index (χ0) is 12.3. The minimum absolute atomic E-state index is 0. The lowest BCUT2D eigenvalue weighted by Crippen LogP contribution is -2.45. The summed E-state index contributed by atoms with van der Waals surface area (Å²) in [4.78, 5) is 2.20. The second kappa shape index (κ2) is 9.53. The molecular formula is C12H17Br2Cl2FN2. The Morgan fingerprint density at radius 3 is 2.11 bits per heavy atom. The molecule has 0 amide bonds. The van der Waals surface area contributed by atoms with Crippen LogP contribution < -0.4 is 5.32 Å². The lowest BCUT2D eigenvalue weighted by Gasteiger charge is -2.33. The number of piperazine rings is 1. The molecule has 1 saturated heterocycles. The molecule has 1 fully saturated rings. The van der Waals surface area contributed by atoms with E-state index >= 15 is 0 Å². The van der Waals surface area contributed by atoms with Gasteiger partial charge in [-0.1, -0.05) is 31.9 Å². The highest BCUT2D eigenvalue weighted by Gasteiger charge is 2.22. The third kappa shape index (κ3) is 5.48. The molecule has 0 unspecified atom stereocenters. The predicted octanol–water partition coefficient (Wildman–Crippen LogP) is 3.97. The molecule has 0 bridgehead atoms. The first-order valence-corrected chi connectivity index (χ1v) is 7.26. The molecule has 2 rings (SSSR count). The number of nitrogens with one attached hydrogen (secondary N) is 1. The second-order valence-electron chi connectivity index (χ2n) is 4.16. The SMILES string of the molecule is Cl.Cl.FC[C@@H](c1cc(Br)cc(Br)c1)N1CCNCC1. The molecule has 0 aliphatic carbocycles. The van der Waals surface area contributed by atoms with Crippen molar-refractivity contribution in [2.75, 3.05) is 32.9 Å². The van der Waals surface area contributed by atoms with Crippen molar-refractivity contribution in [3.8, 4) is 0 Å². The lowest BCUT2D eigenvalue weighted by atomic mass is 10.1. The van der Waals surface area contributed by atoms with E-state index < -0.39 is 0 Å². The molecule has 7 heteroatoms. The average Bonchev–Trinajstić information content (AvgIpc) is 2.30. The van der Waals surface area contributed by atoms with Crippen LogP contribution in [-0.4, -0.2) is 37.8 Å². The van der Waals surface area contributed by atoms with Gasteiger partial charge < -0.3 is 5.32 Å². The van der Waals surface area contributed by atoms with Crippen LogP contribution in [0.4, 0.5) is 4.39 Å². The monoisotopic (exact) mass is 436 g/mol. The Morgan fingerprint density at radius 2 is 1.63 bits per heavy atom. The van der Waals surface area contributed by atoms with Crippen molar-refractivity contribution in [3.05, 3.63) is 32.7 Å². The van der Waals surface area contributed by atoms with Gasteiger partial charge in [0.1, 0.15) is 6.67 Å². The minimum Gasteiger partial charge on any atom is -0.314 e. The maximum absolute atomic E-state index is 13.3. The van der Waals surface area contributed by atoms with E-state index in [2.05, 4.69) is 42.1 Å². The summed E-state index contributed by atoms with van der Waals surface area (Å²) < 4.78 is 15.3. The van der Waals surface area contributed by atoms with Crippen molar-refractivity contribution in [1.29, 1.82) is 0 Å². The van der Waals surface area contributed by atoms with E-state index in [9.17, 15) is 4.39 Å². The molecule has 1 aromatic carbocycles. The van der Waals surface area contributed by atoms with Crippen molar-refractivity contribution < 1.29 is 4.39 Å². The van der Waals surface area contributed by atoms with Crippen LogP contribution in [0, 0.1) is 0 Å². The van der Waals surface area contributed by atoms with Gasteiger partial charge in [0.05, 0.1) is 6.04 Å². The number of nitrogens with zero attached hydrogens (tertiary/aromatic N) is 1. The minimum atomic E-state index is -0.344. The number of hydrogen-bond acceptors (Lipinski definition) is 2. The van der Waals surface area contributed by atoms with Crippen LogP contribution in [0.25, 0.3) is 0 Å². The Morgan fingerprint density at radius 1 is 1.11 bits per heavy atom. The van der Waals surface area contributed by atoms with E-state index in [1.807, 2.05) is 18.2 Å².